The minimum atomic E-state index is -0.513. The second kappa shape index (κ2) is 6.20. The summed E-state index contributed by atoms with van der Waals surface area (Å²) in [6.45, 7) is 1.74. The number of hydrogen-bond donors (Lipinski definition) is 1. The Morgan fingerprint density at radius 2 is 2.05 bits per heavy atom. The molecule has 1 heterocycles. The van der Waals surface area contributed by atoms with Gasteiger partial charge in [0.05, 0.1) is 5.25 Å². The first kappa shape index (κ1) is 15.4. The summed E-state index contributed by atoms with van der Waals surface area (Å²) in [6.07, 6.45) is 0. The molecule has 1 N–H and O–H groups in total. The van der Waals surface area contributed by atoms with Crippen LogP contribution in [0, 0.1) is 11.3 Å². The van der Waals surface area contributed by atoms with Gasteiger partial charge in [-0.05, 0) is 31.2 Å². The standard InChI is InChI=1S/C14H12ClN3O2S/c1-8-13(20)18(10-5-3-9(15)4-6-10)14(21-8)11(7-16)12(19)17-2/h3-6,8H,1-2H3,(H,17,19)/b14-11+/t8-/m1/s1. The molecule has 2 amide bonds. The van der Waals surface area contributed by atoms with E-state index >= 15 is 0 Å². The fourth-order valence-electron chi connectivity index (χ4n) is 1.88. The van der Waals surface area contributed by atoms with Gasteiger partial charge >= 0.3 is 0 Å². The third-order valence-electron chi connectivity index (χ3n) is 2.92. The summed E-state index contributed by atoms with van der Waals surface area (Å²) in [4.78, 5) is 25.5. The molecule has 108 valence electrons. The van der Waals surface area contributed by atoms with Crippen LogP contribution in [-0.2, 0) is 9.59 Å². The minimum absolute atomic E-state index is 0.0739. The maximum absolute atomic E-state index is 12.3. The molecule has 0 saturated carbocycles. The summed E-state index contributed by atoms with van der Waals surface area (Å²) in [6, 6.07) is 8.54. The number of nitriles is 1. The fourth-order valence-corrected chi connectivity index (χ4v) is 3.10. The molecule has 1 aliphatic rings. The molecular formula is C14H12ClN3O2S. The van der Waals surface area contributed by atoms with E-state index in [4.69, 9.17) is 11.6 Å². The molecule has 1 aliphatic heterocycles. The summed E-state index contributed by atoms with van der Waals surface area (Å²) in [5.41, 5.74) is 0.503. The van der Waals surface area contributed by atoms with Crippen LogP contribution in [0.3, 0.4) is 0 Å². The van der Waals surface area contributed by atoms with Gasteiger partial charge in [-0.2, -0.15) is 5.26 Å². The highest BCUT2D eigenvalue weighted by atomic mass is 35.5. The highest BCUT2D eigenvalue weighted by Crippen LogP contribution is 2.40. The first-order valence-corrected chi connectivity index (χ1v) is 7.38. The zero-order valence-electron chi connectivity index (χ0n) is 11.4. The van der Waals surface area contributed by atoms with Crippen LogP contribution in [0.5, 0.6) is 0 Å². The van der Waals surface area contributed by atoms with E-state index in [1.165, 1.54) is 23.7 Å². The third-order valence-corrected chi connectivity index (χ3v) is 4.34. The van der Waals surface area contributed by atoms with Gasteiger partial charge in [0, 0.05) is 17.8 Å². The van der Waals surface area contributed by atoms with Crippen molar-refractivity contribution in [1.82, 2.24) is 5.32 Å². The molecule has 7 heteroatoms. The van der Waals surface area contributed by atoms with Gasteiger partial charge in [0.25, 0.3) is 5.91 Å². The van der Waals surface area contributed by atoms with E-state index in [2.05, 4.69) is 5.32 Å². The fraction of sp³-hybridized carbons (Fsp3) is 0.214. The molecule has 21 heavy (non-hydrogen) atoms. The molecule has 1 saturated heterocycles. The smallest absolute Gasteiger partial charge is 0.264 e. The van der Waals surface area contributed by atoms with Crippen molar-refractivity contribution >= 4 is 40.9 Å². The van der Waals surface area contributed by atoms with Gasteiger partial charge in [0.15, 0.2) is 0 Å². The maximum atomic E-state index is 12.3. The topological polar surface area (TPSA) is 73.2 Å². The monoisotopic (exact) mass is 321 g/mol. The van der Waals surface area contributed by atoms with E-state index in [0.717, 1.165) is 0 Å². The average Bonchev–Trinajstić information content (AvgIpc) is 2.76. The van der Waals surface area contributed by atoms with E-state index in [1.807, 2.05) is 6.07 Å². The zero-order valence-corrected chi connectivity index (χ0v) is 13.0. The molecule has 0 unspecified atom stereocenters. The molecule has 1 aromatic carbocycles. The number of benzene rings is 1. The average molecular weight is 322 g/mol. The molecule has 0 spiro atoms. The lowest BCUT2D eigenvalue weighted by molar-refractivity contribution is -0.117. The Morgan fingerprint density at radius 1 is 1.43 bits per heavy atom. The molecule has 0 radical (unpaired) electrons. The maximum Gasteiger partial charge on any atom is 0.264 e. The first-order valence-electron chi connectivity index (χ1n) is 6.12. The lowest BCUT2D eigenvalue weighted by Gasteiger charge is -2.18. The van der Waals surface area contributed by atoms with Crippen LogP contribution in [0.1, 0.15) is 6.92 Å². The van der Waals surface area contributed by atoms with Gasteiger partial charge in [0.1, 0.15) is 16.7 Å². The molecule has 1 aromatic rings. The van der Waals surface area contributed by atoms with Crippen LogP contribution in [0.2, 0.25) is 5.02 Å². The molecule has 0 aromatic heterocycles. The van der Waals surface area contributed by atoms with Crippen LogP contribution in [0.25, 0.3) is 0 Å². The van der Waals surface area contributed by atoms with Crippen LogP contribution in [-0.4, -0.2) is 24.1 Å². The van der Waals surface area contributed by atoms with Crippen molar-refractivity contribution in [3.63, 3.8) is 0 Å². The Bertz CT molecular complexity index is 664. The minimum Gasteiger partial charge on any atom is -0.354 e. The Kier molecular flexibility index (Phi) is 4.56. The van der Waals surface area contributed by atoms with Crippen molar-refractivity contribution in [1.29, 1.82) is 5.26 Å². The van der Waals surface area contributed by atoms with Crippen molar-refractivity contribution < 1.29 is 9.59 Å². The number of anilines is 1. The van der Waals surface area contributed by atoms with Crippen molar-refractivity contribution in [3.05, 3.63) is 39.9 Å². The number of nitrogens with one attached hydrogen (secondary N) is 1. The van der Waals surface area contributed by atoms with E-state index in [1.54, 1.807) is 31.2 Å². The molecule has 5 nitrogen and oxygen atoms in total. The summed E-state index contributed by atoms with van der Waals surface area (Å²) in [5.74, 6) is -0.685. The van der Waals surface area contributed by atoms with Crippen molar-refractivity contribution in [2.45, 2.75) is 12.2 Å². The number of rotatable bonds is 2. The predicted octanol–water partition coefficient (Wildman–Crippen LogP) is 2.29. The largest absolute Gasteiger partial charge is 0.354 e. The first-order chi connectivity index (χ1) is 9.99. The summed E-state index contributed by atoms with van der Waals surface area (Å²) >= 11 is 7.04. The third kappa shape index (κ3) is 2.89. The normalized spacial score (nSPS) is 20.2. The van der Waals surface area contributed by atoms with Gasteiger partial charge in [-0.25, -0.2) is 0 Å². The number of carbonyl (C=O) groups is 2. The Hall–Kier alpha value is -1.97. The quantitative estimate of drug-likeness (QED) is 0.670. The van der Waals surface area contributed by atoms with Gasteiger partial charge < -0.3 is 5.32 Å². The second-order valence-electron chi connectivity index (χ2n) is 4.28. The number of carbonyl (C=O) groups excluding carboxylic acids is 2. The van der Waals surface area contributed by atoms with E-state index < -0.39 is 5.91 Å². The highest BCUT2D eigenvalue weighted by Gasteiger charge is 2.38. The molecule has 1 fully saturated rings. The van der Waals surface area contributed by atoms with Gasteiger partial charge in [0.2, 0.25) is 5.91 Å². The highest BCUT2D eigenvalue weighted by molar-refractivity contribution is 8.05. The van der Waals surface area contributed by atoms with Crippen LogP contribution in [0.4, 0.5) is 5.69 Å². The van der Waals surface area contributed by atoms with Crippen LogP contribution < -0.4 is 10.2 Å². The molecule has 0 aliphatic carbocycles. The van der Waals surface area contributed by atoms with Crippen molar-refractivity contribution in [2.24, 2.45) is 0 Å². The van der Waals surface area contributed by atoms with Crippen molar-refractivity contribution in [2.75, 3.05) is 11.9 Å². The Morgan fingerprint density at radius 3 is 2.57 bits per heavy atom. The second-order valence-corrected chi connectivity index (χ2v) is 6.05. The Labute approximate surface area is 131 Å². The van der Waals surface area contributed by atoms with Crippen molar-refractivity contribution in [3.8, 4) is 6.07 Å². The summed E-state index contributed by atoms with van der Waals surface area (Å²) < 4.78 is 0. The van der Waals surface area contributed by atoms with Gasteiger partial charge in [-0.1, -0.05) is 23.4 Å². The van der Waals surface area contributed by atoms with E-state index in [9.17, 15) is 14.9 Å². The Balaban J connectivity index is 2.57. The number of amides is 2. The molecular weight excluding hydrogens is 310 g/mol. The van der Waals surface area contributed by atoms with Crippen LogP contribution >= 0.6 is 23.4 Å². The van der Waals surface area contributed by atoms with Gasteiger partial charge in [-0.3, -0.25) is 14.5 Å². The summed E-state index contributed by atoms with van der Waals surface area (Å²) in [5, 5.41) is 12.2. The zero-order chi connectivity index (χ0) is 15.6. The number of halogens is 1. The number of thioether (sulfide) groups is 1. The molecule has 2 rings (SSSR count). The predicted molar refractivity (Wildman–Crippen MR) is 82.7 cm³/mol. The lowest BCUT2D eigenvalue weighted by atomic mass is 10.2. The molecule has 1 atom stereocenters. The SMILES string of the molecule is CNC(=O)/C(C#N)=C1/S[C@H](C)C(=O)N1c1ccc(Cl)cc1. The molecule has 0 bridgehead atoms. The number of nitrogens with zero attached hydrogens (tertiary/aromatic N) is 2. The van der Waals surface area contributed by atoms with Crippen LogP contribution in [0.15, 0.2) is 34.9 Å². The van der Waals surface area contributed by atoms with Gasteiger partial charge in [-0.15, -0.1) is 0 Å². The van der Waals surface area contributed by atoms with E-state index in [0.29, 0.717) is 15.7 Å². The van der Waals surface area contributed by atoms with E-state index in [-0.39, 0.29) is 16.7 Å². The lowest BCUT2D eigenvalue weighted by Crippen LogP contribution is -2.29. The number of likely N-dealkylation sites (N-methyl/N-ethyl adjacent to an activating group) is 1. The number of hydrogen-bond acceptors (Lipinski definition) is 4. The summed E-state index contributed by atoms with van der Waals surface area (Å²) in [7, 11) is 1.44.